The van der Waals surface area contributed by atoms with Crippen molar-refractivity contribution >= 4 is 17.5 Å². The Morgan fingerprint density at radius 2 is 1.71 bits per heavy atom. The largest absolute Gasteiger partial charge is 0.497 e. The van der Waals surface area contributed by atoms with Gasteiger partial charge < -0.3 is 4.74 Å². The van der Waals surface area contributed by atoms with E-state index in [2.05, 4.69) is 29.3 Å². The predicted octanol–water partition coefficient (Wildman–Crippen LogP) is 5.67. The highest BCUT2D eigenvalue weighted by atomic mass is 32.2. The van der Waals surface area contributed by atoms with Crippen LogP contribution in [0.3, 0.4) is 0 Å². The van der Waals surface area contributed by atoms with E-state index in [0.29, 0.717) is 5.16 Å². The second kappa shape index (κ2) is 9.18. The fourth-order valence-corrected chi connectivity index (χ4v) is 4.46. The SMILES string of the molecule is COc1ccc(-n2c(S[C@@H](C(C)=O)c3ccccc3)nnc2-c2cccc(C)c2)cc1. The van der Waals surface area contributed by atoms with Crippen molar-refractivity contribution < 1.29 is 9.53 Å². The Hall–Kier alpha value is -3.38. The summed E-state index contributed by atoms with van der Waals surface area (Å²) in [5, 5.41) is 9.27. The smallest absolute Gasteiger partial charge is 0.197 e. The molecule has 5 nitrogen and oxygen atoms in total. The van der Waals surface area contributed by atoms with Crippen LogP contribution in [-0.2, 0) is 4.79 Å². The van der Waals surface area contributed by atoms with Crippen molar-refractivity contribution in [1.29, 1.82) is 0 Å². The lowest BCUT2D eigenvalue weighted by molar-refractivity contribution is -0.116. The molecule has 4 aromatic rings. The number of ketones is 1. The summed E-state index contributed by atoms with van der Waals surface area (Å²) in [6, 6.07) is 25.7. The molecule has 0 saturated heterocycles. The van der Waals surface area contributed by atoms with Crippen LogP contribution in [0.15, 0.2) is 84.0 Å². The van der Waals surface area contributed by atoms with Gasteiger partial charge in [0.2, 0.25) is 0 Å². The minimum atomic E-state index is -0.368. The zero-order valence-electron chi connectivity index (χ0n) is 17.6. The predicted molar refractivity (Wildman–Crippen MR) is 124 cm³/mol. The second-order valence-corrected chi connectivity index (χ2v) is 8.30. The molecule has 6 heteroatoms. The van der Waals surface area contributed by atoms with Gasteiger partial charge in [-0.15, -0.1) is 10.2 Å². The molecule has 0 aliphatic carbocycles. The lowest BCUT2D eigenvalue weighted by atomic mass is 10.1. The molecule has 0 unspecified atom stereocenters. The van der Waals surface area contributed by atoms with Crippen LogP contribution in [0.25, 0.3) is 17.1 Å². The van der Waals surface area contributed by atoms with Gasteiger partial charge in [0.25, 0.3) is 0 Å². The Morgan fingerprint density at radius 1 is 0.968 bits per heavy atom. The maximum atomic E-state index is 12.5. The van der Waals surface area contributed by atoms with Crippen LogP contribution in [0.5, 0.6) is 5.75 Å². The minimum absolute atomic E-state index is 0.0672. The first-order chi connectivity index (χ1) is 15.1. The average molecular weight is 430 g/mol. The van der Waals surface area contributed by atoms with Gasteiger partial charge in [-0.05, 0) is 49.7 Å². The standard InChI is InChI=1S/C25H23N3O2S/c1-17-8-7-11-20(16-17)24-26-27-25(28(24)21-12-14-22(30-3)15-13-21)31-23(18(2)29)19-9-5-4-6-10-19/h4-16,23H,1-3H3/t23-/m0/s1. The maximum absolute atomic E-state index is 12.5. The van der Waals surface area contributed by atoms with Gasteiger partial charge in [0.05, 0.1) is 12.4 Å². The zero-order chi connectivity index (χ0) is 21.8. The zero-order valence-corrected chi connectivity index (χ0v) is 18.5. The molecular formula is C25H23N3O2S. The van der Waals surface area contributed by atoms with Crippen LogP contribution in [0.4, 0.5) is 0 Å². The maximum Gasteiger partial charge on any atom is 0.197 e. The number of ether oxygens (including phenoxy) is 1. The topological polar surface area (TPSA) is 57.0 Å². The summed E-state index contributed by atoms with van der Waals surface area (Å²) in [5.74, 6) is 1.57. The molecule has 156 valence electrons. The molecule has 0 amide bonds. The number of rotatable bonds is 7. The van der Waals surface area contributed by atoms with Crippen molar-refractivity contribution in [2.24, 2.45) is 0 Å². The van der Waals surface area contributed by atoms with E-state index < -0.39 is 0 Å². The van der Waals surface area contributed by atoms with E-state index >= 15 is 0 Å². The van der Waals surface area contributed by atoms with Gasteiger partial charge in [-0.25, -0.2) is 0 Å². The van der Waals surface area contributed by atoms with E-state index in [1.807, 2.05) is 71.3 Å². The van der Waals surface area contributed by atoms with E-state index in [9.17, 15) is 4.79 Å². The third kappa shape index (κ3) is 4.54. The first kappa shape index (κ1) is 20.9. The summed E-state index contributed by atoms with van der Waals surface area (Å²) in [4.78, 5) is 12.5. The molecule has 1 heterocycles. The number of aryl methyl sites for hydroxylation is 1. The number of methoxy groups -OCH3 is 1. The summed E-state index contributed by atoms with van der Waals surface area (Å²) in [6.07, 6.45) is 0. The van der Waals surface area contributed by atoms with Crippen LogP contribution in [0.2, 0.25) is 0 Å². The van der Waals surface area contributed by atoms with Crippen molar-refractivity contribution in [3.8, 4) is 22.8 Å². The number of carbonyl (C=O) groups excluding carboxylic acids is 1. The van der Waals surface area contributed by atoms with E-state index in [4.69, 9.17) is 4.74 Å². The van der Waals surface area contributed by atoms with E-state index in [1.165, 1.54) is 11.8 Å². The molecule has 1 atom stereocenters. The number of thioether (sulfide) groups is 1. The molecule has 31 heavy (non-hydrogen) atoms. The molecule has 0 bridgehead atoms. The Balaban J connectivity index is 1.83. The molecule has 0 radical (unpaired) electrons. The summed E-state index contributed by atoms with van der Waals surface area (Å²) in [5.41, 5.74) is 3.96. The van der Waals surface area contributed by atoms with Crippen molar-refractivity contribution in [2.45, 2.75) is 24.3 Å². The molecule has 0 aliphatic heterocycles. The van der Waals surface area contributed by atoms with Crippen molar-refractivity contribution in [1.82, 2.24) is 14.8 Å². The Labute approximate surface area is 186 Å². The number of hydrogen-bond donors (Lipinski definition) is 0. The quantitative estimate of drug-likeness (QED) is 0.354. The molecule has 4 rings (SSSR count). The highest BCUT2D eigenvalue weighted by Crippen LogP contribution is 2.38. The van der Waals surface area contributed by atoms with Crippen LogP contribution in [0.1, 0.15) is 23.3 Å². The fraction of sp³-hybridized carbons (Fsp3) is 0.160. The third-order valence-corrected chi connectivity index (χ3v) is 6.25. The Bertz CT molecular complexity index is 1190. The fourth-order valence-electron chi connectivity index (χ4n) is 3.40. The average Bonchev–Trinajstić information content (AvgIpc) is 3.21. The summed E-state index contributed by atoms with van der Waals surface area (Å²) in [6.45, 7) is 3.66. The second-order valence-electron chi connectivity index (χ2n) is 7.23. The van der Waals surface area contributed by atoms with E-state index in [0.717, 1.165) is 34.0 Å². The molecule has 3 aromatic carbocycles. The summed E-state index contributed by atoms with van der Waals surface area (Å²) < 4.78 is 7.31. The van der Waals surface area contributed by atoms with Crippen LogP contribution < -0.4 is 4.74 Å². The third-order valence-electron chi connectivity index (χ3n) is 4.94. The van der Waals surface area contributed by atoms with Crippen molar-refractivity contribution in [2.75, 3.05) is 7.11 Å². The van der Waals surface area contributed by atoms with Gasteiger partial charge in [0.1, 0.15) is 11.5 Å². The molecule has 1 aromatic heterocycles. The van der Waals surface area contributed by atoms with Gasteiger partial charge >= 0.3 is 0 Å². The van der Waals surface area contributed by atoms with Gasteiger partial charge in [-0.1, -0.05) is 65.9 Å². The van der Waals surface area contributed by atoms with Crippen LogP contribution >= 0.6 is 11.8 Å². The number of hydrogen-bond acceptors (Lipinski definition) is 5. The van der Waals surface area contributed by atoms with E-state index in [-0.39, 0.29) is 11.0 Å². The lowest BCUT2D eigenvalue weighted by Crippen LogP contribution is -2.07. The Kier molecular flexibility index (Phi) is 6.18. The monoisotopic (exact) mass is 429 g/mol. The molecule has 0 aliphatic rings. The molecule has 0 spiro atoms. The van der Waals surface area contributed by atoms with Gasteiger partial charge in [0, 0.05) is 11.3 Å². The lowest BCUT2D eigenvalue weighted by Gasteiger charge is -2.16. The number of aromatic nitrogens is 3. The van der Waals surface area contributed by atoms with Gasteiger partial charge in [-0.3, -0.25) is 9.36 Å². The number of Topliss-reactive ketones (excluding diaryl/α,β-unsaturated/α-hetero) is 1. The molecule has 0 saturated carbocycles. The molecule has 0 fully saturated rings. The number of benzene rings is 3. The summed E-state index contributed by atoms with van der Waals surface area (Å²) in [7, 11) is 1.64. The normalized spacial score (nSPS) is 11.8. The highest BCUT2D eigenvalue weighted by Gasteiger charge is 2.24. The molecule has 0 N–H and O–H groups in total. The number of carbonyl (C=O) groups is 1. The van der Waals surface area contributed by atoms with E-state index in [1.54, 1.807) is 14.0 Å². The highest BCUT2D eigenvalue weighted by molar-refractivity contribution is 8.00. The first-order valence-electron chi connectivity index (χ1n) is 9.96. The van der Waals surface area contributed by atoms with Gasteiger partial charge in [0.15, 0.2) is 11.0 Å². The van der Waals surface area contributed by atoms with Crippen molar-refractivity contribution in [3.05, 3.63) is 90.0 Å². The van der Waals surface area contributed by atoms with Crippen LogP contribution in [-0.4, -0.2) is 27.7 Å². The van der Waals surface area contributed by atoms with Gasteiger partial charge in [-0.2, -0.15) is 0 Å². The van der Waals surface area contributed by atoms with Crippen molar-refractivity contribution in [3.63, 3.8) is 0 Å². The minimum Gasteiger partial charge on any atom is -0.497 e. The Morgan fingerprint density at radius 3 is 2.35 bits per heavy atom. The van der Waals surface area contributed by atoms with Crippen LogP contribution in [0, 0.1) is 6.92 Å². The molecular weight excluding hydrogens is 406 g/mol. The number of nitrogens with zero attached hydrogens (tertiary/aromatic N) is 3. The summed E-state index contributed by atoms with van der Waals surface area (Å²) >= 11 is 1.41. The first-order valence-corrected chi connectivity index (χ1v) is 10.8.